The van der Waals surface area contributed by atoms with Gasteiger partial charge in [0, 0.05) is 32.2 Å². The van der Waals surface area contributed by atoms with Crippen LogP contribution in [0.1, 0.15) is 12.8 Å². The molecule has 7 nitrogen and oxygen atoms in total. The van der Waals surface area contributed by atoms with Crippen molar-refractivity contribution in [3.05, 3.63) is 67.0 Å². The van der Waals surface area contributed by atoms with Crippen molar-refractivity contribution in [2.45, 2.75) is 17.7 Å². The first-order valence-electron chi connectivity index (χ1n) is 10.1. The molecule has 1 saturated heterocycles. The molecule has 2 heterocycles. The molecular formula is C22H25N5O2S. The van der Waals surface area contributed by atoms with Gasteiger partial charge in [0.1, 0.15) is 18.0 Å². The highest BCUT2D eigenvalue weighted by atomic mass is 32.2. The van der Waals surface area contributed by atoms with Crippen molar-refractivity contribution in [2.24, 2.45) is 0 Å². The lowest BCUT2D eigenvalue weighted by Gasteiger charge is -2.16. The molecule has 156 valence electrons. The minimum Gasteiger partial charge on any atom is -0.369 e. The lowest BCUT2D eigenvalue weighted by atomic mass is 10.1. The van der Waals surface area contributed by atoms with Crippen molar-refractivity contribution in [1.82, 2.24) is 14.7 Å². The van der Waals surface area contributed by atoms with Gasteiger partial charge in [-0.1, -0.05) is 42.5 Å². The number of nitrogens with one attached hydrogen (secondary N) is 2. The molecule has 3 aromatic rings. The predicted octanol–water partition coefficient (Wildman–Crippen LogP) is 3.13. The third kappa shape index (κ3) is 4.95. The summed E-state index contributed by atoms with van der Waals surface area (Å²) in [6.45, 7) is 2.71. The number of benzene rings is 2. The Kier molecular flexibility index (Phi) is 6.25. The van der Waals surface area contributed by atoms with Gasteiger partial charge >= 0.3 is 0 Å². The highest BCUT2D eigenvalue weighted by molar-refractivity contribution is 7.89. The highest BCUT2D eigenvalue weighted by Gasteiger charge is 2.15. The molecular weight excluding hydrogens is 398 g/mol. The van der Waals surface area contributed by atoms with Gasteiger partial charge in [0.15, 0.2) is 0 Å². The largest absolute Gasteiger partial charge is 0.369 e. The first-order chi connectivity index (χ1) is 14.6. The van der Waals surface area contributed by atoms with Gasteiger partial charge in [0.2, 0.25) is 10.0 Å². The fourth-order valence-electron chi connectivity index (χ4n) is 3.48. The van der Waals surface area contributed by atoms with Crippen molar-refractivity contribution < 1.29 is 8.42 Å². The molecule has 0 unspecified atom stereocenters. The molecule has 1 fully saturated rings. The zero-order valence-corrected chi connectivity index (χ0v) is 17.5. The number of sulfonamides is 1. The van der Waals surface area contributed by atoms with E-state index in [2.05, 4.69) is 24.9 Å². The Hall–Kier alpha value is -2.97. The minimum atomic E-state index is -3.57. The summed E-state index contributed by atoms with van der Waals surface area (Å²) in [4.78, 5) is 11.0. The molecule has 30 heavy (non-hydrogen) atoms. The van der Waals surface area contributed by atoms with Gasteiger partial charge in [-0.15, -0.1) is 0 Å². The topological polar surface area (TPSA) is 87.2 Å². The molecule has 1 aliphatic rings. The predicted molar refractivity (Wildman–Crippen MR) is 119 cm³/mol. The van der Waals surface area contributed by atoms with E-state index in [1.54, 1.807) is 12.1 Å². The molecule has 0 atom stereocenters. The third-order valence-corrected chi connectivity index (χ3v) is 6.55. The molecule has 0 amide bonds. The van der Waals surface area contributed by atoms with Crippen LogP contribution in [0.3, 0.4) is 0 Å². The number of hydrogen-bond donors (Lipinski definition) is 2. The summed E-state index contributed by atoms with van der Waals surface area (Å²) >= 11 is 0. The Morgan fingerprint density at radius 1 is 0.867 bits per heavy atom. The van der Waals surface area contributed by atoms with Crippen molar-refractivity contribution in [3.8, 4) is 11.1 Å². The zero-order chi connectivity index (χ0) is 20.8. The molecule has 2 aromatic carbocycles. The summed E-state index contributed by atoms with van der Waals surface area (Å²) in [7, 11) is -3.57. The highest BCUT2D eigenvalue weighted by Crippen LogP contribution is 2.21. The van der Waals surface area contributed by atoms with E-state index in [0.717, 1.165) is 30.0 Å². The van der Waals surface area contributed by atoms with E-state index in [4.69, 9.17) is 0 Å². The second-order valence-corrected chi connectivity index (χ2v) is 8.94. The fourth-order valence-corrected chi connectivity index (χ4v) is 4.51. The van der Waals surface area contributed by atoms with Crippen LogP contribution < -0.4 is 14.9 Å². The lowest BCUT2D eigenvalue weighted by molar-refractivity contribution is 0.583. The van der Waals surface area contributed by atoms with Gasteiger partial charge in [0.05, 0.1) is 4.90 Å². The number of anilines is 2. The Bertz CT molecular complexity index is 1070. The van der Waals surface area contributed by atoms with Gasteiger partial charge in [-0.3, -0.25) is 0 Å². The quantitative estimate of drug-likeness (QED) is 0.541. The Morgan fingerprint density at radius 3 is 2.30 bits per heavy atom. The number of hydrogen-bond acceptors (Lipinski definition) is 6. The monoisotopic (exact) mass is 423 g/mol. The first-order valence-corrected chi connectivity index (χ1v) is 11.6. The summed E-state index contributed by atoms with van der Waals surface area (Å²) in [5, 5.41) is 3.16. The summed E-state index contributed by atoms with van der Waals surface area (Å²) < 4.78 is 27.7. The molecule has 1 aliphatic heterocycles. The maximum atomic E-state index is 12.5. The van der Waals surface area contributed by atoms with E-state index < -0.39 is 10.0 Å². The molecule has 0 saturated carbocycles. The van der Waals surface area contributed by atoms with Gasteiger partial charge in [-0.25, -0.2) is 23.1 Å². The van der Waals surface area contributed by atoms with Crippen LogP contribution >= 0.6 is 0 Å². The lowest BCUT2D eigenvalue weighted by Crippen LogP contribution is -2.29. The fraction of sp³-hybridized carbons (Fsp3) is 0.273. The number of aromatic nitrogens is 2. The molecule has 4 rings (SSSR count). The Balaban J connectivity index is 1.31. The van der Waals surface area contributed by atoms with E-state index in [1.165, 1.54) is 19.2 Å². The smallest absolute Gasteiger partial charge is 0.240 e. The van der Waals surface area contributed by atoms with Crippen molar-refractivity contribution in [2.75, 3.05) is 36.4 Å². The van der Waals surface area contributed by atoms with Crippen molar-refractivity contribution in [1.29, 1.82) is 0 Å². The van der Waals surface area contributed by atoms with E-state index in [1.807, 2.05) is 48.5 Å². The van der Waals surface area contributed by atoms with E-state index >= 15 is 0 Å². The van der Waals surface area contributed by atoms with E-state index in [-0.39, 0.29) is 11.4 Å². The average molecular weight is 424 g/mol. The van der Waals surface area contributed by atoms with Crippen LogP contribution in [0.4, 0.5) is 11.6 Å². The minimum absolute atomic E-state index is 0.250. The summed E-state index contributed by atoms with van der Waals surface area (Å²) in [5.74, 6) is 1.60. The molecule has 0 spiro atoms. The average Bonchev–Trinajstić information content (AvgIpc) is 3.33. The third-order valence-electron chi connectivity index (χ3n) is 5.08. The van der Waals surface area contributed by atoms with Crippen LogP contribution in [0.15, 0.2) is 71.9 Å². The van der Waals surface area contributed by atoms with Gasteiger partial charge in [0.25, 0.3) is 0 Å². The zero-order valence-electron chi connectivity index (χ0n) is 16.7. The van der Waals surface area contributed by atoms with Crippen molar-refractivity contribution in [3.63, 3.8) is 0 Å². The van der Waals surface area contributed by atoms with Crippen LogP contribution in [-0.2, 0) is 10.0 Å². The molecule has 0 bridgehead atoms. The van der Waals surface area contributed by atoms with E-state index in [0.29, 0.717) is 12.4 Å². The molecule has 0 aliphatic carbocycles. The van der Waals surface area contributed by atoms with Crippen LogP contribution in [0.5, 0.6) is 0 Å². The second kappa shape index (κ2) is 9.23. The van der Waals surface area contributed by atoms with Gasteiger partial charge in [-0.2, -0.15) is 0 Å². The van der Waals surface area contributed by atoms with Gasteiger partial charge < -0.3 is 10.2 Å². The first kappa shape index (κ1) is 20.3. The second-order valence-electron chi connectivity index (χ2n) is 7.17. The van der Waals surface area contributed by atoms with Crippen LogP contribution in [0, 0.1) is 0 Å². The van der Waals surface area contributed by atoms with Gasteiger partial charge in [-0.05, 0) is 36.1 Å². The van der Waals surface area contributed by atoms with Crippen LogP contribution in [-0.4, -0.2) is 44.6 Å². The maximum Gasteiger partial charge on any atom is 0.240 e. The van der Waals surface area contributed by atoms with Crippen LogP contribution in [0.2, 0.25) is 0 Å². The maximum absolute atomic E-state index is 12.5. The molecule has 1 aromatic heterocycles. The molecule has 0 radical (unpaired) electrons. The standard InChI is InChI=1S/C22H25N5O2S/c28-30(29,20-10-8-19(9-11-20)18-6-2-1-3-7-18)26-13-12-23-21-16-22(25-17-24-21)27-14-4-5-15-27/h1-3,6-11,16-17,26H,4-5,12-15H2,(H,23,24,25). The number of nitrogens with zero attached hydrogens (tertiary/aromatic N) is 3. The summed E-state index contributed by atoms with van der Waals surface area (Å²) in [5.41, 5.74) is 2.03. The Morgan fingerprint density at radius 2 is 1.57 bits per heavy atom. The summed E-state index contributed by atoms with van der Waals surface area (Å²) in [6.07, 6.45) is 3.90. The normalized spacial score (nSPS) is 14.1. The molecule has 8 heteroatoms. The van der Waals surface area contributed by atoms with Crippen LogP contribution in [0.25, 0.3) is 11.1 Å². The SMILES string of the molecule is O=S(=O)(NCCNc1cc(N2CCCC2)ncn1)c1ccc(-c2ccccc2)cc1. The van der Waals surface area contributed by atoms with Crippen molar-refractivity contribution >= 4 is 21.7 Å². The summed E-state index contributed by atoms with van der Waals surface area (Å²) in [6, 6.07) is 18.7. The van der Waals surface area contributed by atoms with E-state index in [9.17, 15) is 8.42 Å². The Labute approximate surface area is 177 Å². The molecule has 2 N–H and O–H groups in total. The number of rotatable bonds is 8.